The van der Waals surface area contributed by atoms with Gasteiger partial charge in [-0.1, -0.05) is 11.6 Å². The number of rotatable bonds is 9. The van der Waals surface area contributed by atoms with Gasteiger partial charge in [-0.2, -0.15) is 13.2 Å². The molecule has 0 radical (unpaired) electrons. The van der Waals surface area contributed by atoms with Gasteiger partial charge in [0.05, 0.1) is 36.2 Å². The van der Waals surface area contributed by atoms with E-state index in [4.69, 9.17) is 21.1 Å². The molecule has 0 aromatic heterocycles. The van der Waals surface area contributed by atoms with Crippen molar-refractivity contribution in [2.24, 2.45) is 0 Å². The molecule has 1 amide bonds. The predicted molar refractivity (Wildman–Crippen MR) is 110 cm³/mol. The van der Waals surface area contributed by atoms with Crippen molar-refractivity contribution in [1.82, 2.24) is 5.32 Å². The summed E-state index contributed by atoms with van der Waals surface area (Å²) in [6, 6.07) is 9.34. The molecule has 2 aromatic rings. The zero-order valence-electron chi connectivity index (χ0n) is 16.6. The van der Waals surface area contributed by atoms with Crippen LogP contribution in [-0.2, 0) is 21.0 Å². The van der Waals surface area contributed by atoms with Gasteiger partial charge in [0.25, 0.3) is 0 Å². The minimum absolute atomic E-state index is 0.0525. The van der Waals surface area contributed by atoms with E-state index in [1.54, 1.807) is 24.3 Å². The summed E-state index contributed by atoms with van der Waals surface area (Å²) in [5.41, 5.74) is -1.53. The quantitative estimate of drug-likeness (QED) is 0.556. The van der Waals surface area contributed by atoms with E-state index in [9.17, 15) is 26.4 Å². The Kier molecular flexibility index (Phi) is 8.02. The highest BCUT2D eigenvalue weighted by Crippen LogP contribution is 2.37. The maximum Gasteiger partial charge on any atom is 0.417 e. The summed E-state index contributed by atoms with van der Waals surface area (Å²) in [6.07, 6.45) is -3.99. The number of alkyl halides is 3. The van der Waals surface area contributed by atoms with Gasteiger partial charge in [0.15, 0.2) is 0 Å². The van der Waals surface area contributed by atoms with Gasteiger partial charge in [0.2, 0.25) is 15.9 Å². The van der Waals surface area contributed by atoms with Crippen molar-refractivity contribution in [3.8, 4) is 11.5 Å². The van der Waals surface area contributed by atoms with Crippen molar-refractivity contribution < 1.29 is 35.9 Å². The highest BCUT2D eigenvalue weighted by atomic mass is 35.5. The molecule has 7 nitrogen and oxygen atoms in total. The van der Waals surface area contributed by atoms with E-state index in [1.165, 1.54) is 7.11 Å². The molecule has 2 aromatic carbocycles. The van der Waals surface area contributed by atoms with Crippen LogP contribution < -0.4 is 19.1 Å². The lowest BCUT2D eigenvalue weighted by molar-refractivity contribution is -0.137. The lowest BCUT2D eigenvalue weighted by Crippen LogP contribution is -2.41. The molecule has 0 fully saturated rings. The first-order valence-corrected chi connectivity index (χ1v) is 11.0. The Bertz CT molecular complexity index is 1010. The number of amides is 1. The van der Waals surface area contributed by atoms with Crippen LogP contribution in [0.3, 0.4) is 0 Å². The number of benzene rings is 2. The molecule has 0 bridgehead atoms. The maximum absolute atomic E-state index is 13.1. The molecule has 1 N–H and O–H groups in total. The number of sulfonamides is 1. The van der Waals surface area contributed by atoms with Crippen molar-refractivity contribution in [3.05, 3.63) is 53.1 Å². The van der Waals surface area contributed by atoms with Gasteiger partial charge in [-0.15, -0.1) is 0 Å². The summed E-state index contributed by atoms with van der Waals surface area (Å²) in [7, 11) is -2.52. The average molecular weight is 481 g/mol. The van der Waals surface area contributed by atoms with Crippen LogP contribution >= 0.6 is 11.6 Å². The van der Waals surface area contributed by atoms with E-state index in [-0.39, 0.29) is 18.8 Å². The zero-order valence-corrected chi connectivity index (χ0v) is 18.1. The van der Waals surface area contributed by atoms with Crippen molar-refractivity contribution in [2.75, 3.05) is 37.4 Å². The Labute approximate surface area is 182 Å². The maximum atomic E-state index is 13.1. The van der Waals surface area contributed by atoms with E-state index in [0.717, 1.165) is 18.4 Å². The highest BCUT2D eigenvalue weighted by molar-refractivity contribution is 7.92. The molecule has 12 heteroatoms. The number of halogens is 4. The van der Waals surface area contributed by atoms with Crippen LogP contribution in [0.15, 0.2) is 42.5 Å². The fourth-order valence-electron chi connectivity index (χ4n) is 2.50. The molecule has 0 spiro atoms. The Hall–Kier alpha value is -2.66. The highest BCUT2D eigenvalue weighted by Gasteiger charge is 2.34. The summed E-state index contributed by atoms with van der Waals surface area (Å²) in [5.74, 6) is 0.471. The van der Waals surface area contributed by atoms with Crippen LogP contribution in [0.5, 0.6) is 11.5 Å². The molecule has 0 saturated heterocycles. The minimum Gasteiger partial charge on any atom is -0.497 e. The smallest absolute Gasteiger partial charge is 0.417 e. The first-order chi connectivity index (χ1) is 14.4. The number of methoxy groups -OCH3 is 1. The Morgan fingerprint density at radius 3 is 2.29 bits per heavy atom. The van der Waals surface area contributed by atoms with Crippen molar-refractivity contribution in [2.45, 2.75) is 6.18 Å². The van der Waals surface area contributed by atoms with Gasteiger partial charge >= 0.3 is 6.18 Å². The van der Waals surface area contributed by atoms with Gasteiger partial charge in [-0.3, -0.25) is 9.10 Å². The van der Waals surface area contributed by atoms with Gasteiger partial charge in [0, 0.05) is 0 Å². The third kappa shape index (κ3) is 7.21. The van der Waals surface area contributed by atoms with Crippen LogP contribution in [0.4, 0.5) is 18.9 Å². The Balaban J connectivity index is 2.00. The molecule has 0 aliphatic rings. The number of hydrogen-bond donors (Lipinski definition) is 1. The van der Waals surface area contributed by atoms with E-state index < -0.39 is 39.2 Å². The molecular weight excluding hydrogens is 461 g/mol. The number of ether oxygens (including phenoxy) is 2. The molecule has 0 aliphatic heterocycles. The summed E-state index contributed by atoms with van der Waals surface area (Å²) < 4.78 is 74.4. The van der Waals surface area contributed by atoms with Crippen molar-refractivity contribution >= 4 is 33.2 Å². The van der Waals surface area contributed by atoms with Gasteiger partial charge in [-0.25, -0.2) is 8.42 Å². The molecule has 31 heavy (non-hydrogen) atoms. The van der Waals surface area contributed by atoms with E-state index in [1.807, 2.05) is 0 Å². The van der Waals surface area contributed by atoms with Gasteiger partial charge < -0.3 is 14.8 Å². The predicted octanol–water partition coefficient (Wildman–Crippen LogP) is 3.33. The molecule has 0 aliphatic carbocycles. The van der Waals surface area contributed by atoms with Crippen molar-refractivity contribution in [3.63, 3.8) is 0 Å². The lowest BCUT2D eigenvalue weighted by atomic mass is 10.2. The second-order valence-corrected chi connectivity index (χ2v) is 8.62. The largest absolute Gasteiger partial charge is 0.497 e. The summed E-state index contributed by atoms with van der Waals surface area (Å²) >= 11 is 5.57. The van der Waals surface area contributed by atoms with E-state index in [0.29, 0.717) is 21.9 Å². The number of nitrogens with zero attached hydrogens (tertiary/aromatic N) is 1. The summed E-state index contributed by atoms with van der Waals surface area (Å²) in [5, 5.41) is 1.88. The third-order valence-electron chi connectivity index (χ3n) is 3.98. The number of anilines is 1. The fraction of sp³-hybridized carbons (Fsp3) is 0.316. The second-order valence-electron chi connectivity index (χ2n) is 6.31. The molecular formula is C19H20ClF3N2O5S. The molecule has 170 valence electrons. The number of nitrogens with one attached hydrogen (secondary N) is 1. The molecule has 0 unspecified atom stereocenters. The minimum atomic E-state index is -4.78. The van der Waals surface area contributed by atoms with Crippen LogP contribution in [0.1, 0.15) is 5.56 Å². The number of carbonyl (C=O) groups is 1. The third-order valence-corrected chi connectivity index (χ3v) is 5.45. The van der Waals surface area contributed by atoms with Crippen molar-refractivity contribution in [1.29, 1.82) is 0 Å². The topological polar surface area (TPSA) is 84.9 Å². The summed E-state index contributed by atoms with van der Waals surface area (Å²) in [4.78, 5) is 12.2. The van der Waals surface area contributed by atoms with E-state index in [2.05, 4.69) is 5.32 Å². The average Bonchev–Trinajstić information content (AvgIpc) is 2.69. The monoisotopic (exact) mass is 480 g/mol. The molecule has 0 heterocycles. The van der Waals surface area contributed by atoms with Crippen LogP contribution in [0, 0.1) is 0 Å². The zero-order chi connectivity index (χ0) is 23.2. The molecule has 0 atom stereocenters. The summed E-state index contributed by atoms with van der Waals surface area (Å²) in [6.45, 7) is -0.562. The first-order valence-electron chi connectivity index (χ1n) is 8.80. The second kappa shape index (κ2) is 10.1. The van der Waals surface area contributed by atoms with Gasteiger partial charge in [0.1, 0.15) is 24.7 Å². The van der Waals surface area contributed by atoms with Crippen LogP contribution in [0.25, 0.3) is 0 Å². The molecule has 0 saturated carbocycles. The fourth-order valence-corrected chi connectivity index (χ4v) is 3.58. The van der Waals surface area contributed by atoms with Crippen LogP contribution in [0.2, 0.25) is 5.02 Å². The first kappa shape index (κ1) is 24.6. The van der Waals surface area contributed by atoms with E-state index >= 15 is 0 Å². The number of hydrogen-bond acceptors (Lipinski definition) is 5. The Morgan fingerprint density at radius 1 is 1.13 bits per heavy atom. The number of carbonyl (C=O) groups excluding carboxylic acids is 1. The Morgan fingerprint density at radius 2 is 1.74 bits per heavy atom. The van der Waals surface area contributed by atoms with Crippen LogP contribution in [-0.4, -0.2) is 47.4 Å². The SMILES string of the molecule is COc1ccc(OCCNC(=O)CN(c2ccc(Cl)c(C(F)(F)F)c2)S(C)(=O)=O)cc1. The van der Waals surface area contributed by atoms with Gasteiger partial charge in [-0.05, 0) is 42.5 Å². The normalized spacial score (nSPS) is 11.7. The standard InChI is InChI=1S/C19H20ClF3N2O5S/c1-29-14-4-6-15(7-5-14)30-10-9-24-18(26)12-25(31(2,27)28)13-3-8-17(20)16(11-13)19(21,22)23/h3-8,11H,9-10,12H2,1-2H3,(H,24,26). The molecule has 2 rings (SSSR count). The lowest BCUT2D eigenvalue weighted by Gasteiger charge is -2.23.